The molecule has 0 radical (unpaired) electrons. The molecule has 1 saturated heterocycles. The third-order valence-corrected chi connectivity index (χ3v) is 3.09. The molecule has 1 aliphatic rings. The number of ether oxygens (including phenoxy) is 1. The van der Waals surface area contributed by atoms with Crippen molar-refractivity contribution in [2.24, 2.45) is 5.92 Å². The molecule has 3 atom stereocenters. The van der Waals surface area contributed by atoms with E-state index in [1.807, 2.05) is 0 Å². The fourth-order valence-corrected chi connectivity index (χ4v) is 2.09. The van der Waals surface area contributed by atoms with Crippen molar-refractivity contribution in [3.8, 4) is 0 Å². The van der Waals surface area contributed by atoms with Crippen LogP contribution in [0.3, 0.4) is 0 Å². The molecule has 1 aromatic heterocycles. The summed E-state index contributed by atoms with van der Waals surface area (Å²) in [5.74, 6) is 2.14. The van der Waals surface area contributed by atoms with Crippen LogP contribution in [0.2, 0.25) is 0 Å². The SMILES string of the molecule is CCNC(C)c1ncc(C2OCCC2C)o1. The number of aromatic nitrogens is 1. The fourth-order valence-electron chi connectivity index (χ4n) is 2.09. The average Bonchev–Trinajstić information content (AvgIpc) is 2.86. The van der Waals surface area contributed by atoms with Crippen molar-refractivity contribution in [3.05, 3.63) is 17.8 Å². The van der Waals surface area contributed by atoms with Gasteiger partial charge in [0.25, 0.3) is 0 Å². The third-order valence-electron chi connectivity index (χ3n) is 3.09. The van der Waals surface area contributed by atoms with Gasteiger partial charge in [0, 0.05) is 6.61 Å². The van der Waals surface area contributed by atoms with Crippen LogP contribution < -0.4 is 5.32 Å². The topological polar surface area (TPSA) is 47.3 Å². The second-order valence-electron chi connectivity index (χ2n) is 4.44. The quantitative estimate of drug-likeness (QED) is 0.853. The average molecular weight is 224 g/mol. The van der Waals surface area contributed by atoms with Crippen LogP contribution in [0, 0.1) is 5.92 Å². The van der Waals surface area contributed by atoms with E-state index < -0.39 is 0 Å². The van der Waals surface area contributed by atoms with Gasteiger partial charge < -0.3 is 14.5 Å². The lowest BCUT2D eigenvalue weighted by Gasteiger charge is -2.11. The van der Waals surface area contributed by atoms with Crippen LogP contribution in [0.1, 0.15) is 51.0 Å². The van der Waals surface area contributed by atoms with Gasteiger partial charge in [-0.25, -0.2) is 4.98 Å². The zero-order valence-electron chi connectivity index (χ0n) is 10.2. The molecule has 0 aliphatic carbocycles. The lowest BCUT2D eigenvalue weighted by molar-refractivity contribution is 0.0744. The normalized spacial score (nSPS) is 27.2. The summed E-state index contributed by atoms with van der Waals surface area (Å²) in [6, 6.07) is 0.162. The van der Waals surface area contributed by atoms with E-state index in [-0.39, 0.29) is 12.1 Å². The minimum Gasteiger partial charge on any atom is -0.441 e. The molecule has 3 unspecified atom stereocenters. The lowest BCUT2D eigenvalue weighted by atomic mass is 10.0. The standard InChI is InChI=1S/C12H20N2O2/c1-4-13-9(3)12-14-7-10(16-12)11-8(2)5-6-15-11/h7-9,11,13H,4-6H2,1-3H3. The zero-order valence-corrected chi connectivity index (χ0v) is 10.2. The molecule has 2 rings (SSSR count). The largest absolute Gasteiger partial charge is 0.441 e. The third kappa shape index (κ3) is 2.28. The summed E-state index contributed by atoms with van der Waals surface area (Å²) in [5.41, 5.74) is 0. The first-order valence-corrected chi connectivity index (χ1v) is 6.03. The Bertz CT molecular complexity index is 338. The van der Waals surface area contributed by atoms with Gasteiger partial charge in [0.05, 0.1) is 12.2 Å². The highest BCUT2D eigenvalue weighted by Gasteiger charge is 2.29. The van der Waals surface area contributed by atoms with E-state index >= 15 is 0 Å². The van der Waals surface area contributed by atoms with Gasteiger partial charge >= 0.3 is 0 Å². The van der Waals surface area contributed by atoms with Gasteiger partial charge in [-0.2, -0.15) is 0 Å². The monoisotopic (exact) mass is 224 g/mol. The van der Waals surface area contributed by atoms with Crippen LogP contribution in [-0.4, -0.2) is 18.1 Å². The van der Waals surface area contributed by atoms with Crippen molar-refractivity contribution in [2.45, 2.75) is 39.3 Å². The first kappa shape index (κ1) is 11.6. The molecule has 90 valence electrons. The van der Waals surface area contributed by atoms with Gasteiger partial charge in [-0.15, -0.1) is 0 Å². The van der Waals surface area contributed by atoms with Crippen molar-refractivity contribution >= 4 is 0 Å². The van der Waals surface area contributed by atoms with Crippen molar-refractivity contribution in [1.29, 1.82) is 0 Å². The second-order valence-corrected chi connectivity index (χ2v) is 4.44. The highest BCUT2D eigenvalue weighted by Crippen LogP contribution is 2.34. The Morgan fingerprint density at radius 1 is 1.62 bits per heavy atom. The molecule has 1 fully saturated rings. The van der Waals surface area contributed by atoms with E-state index in [1.165, 1.54) is 0 Å². The van der Waals surface area contributed by atoms with Crippen LogP contribution in [0.5, 0.6) is 0 Å². The first-order valence-electron chi connectivity index (χ1n) is 6.03. The maximum Gasteiger partial charge on any atom is 0.211 e. The number of rotatable bonds is 4. The molecule has 0 bridgehead atoms. The van der Waals surface area contributed by atoms with Gasteiger partial charge in [-0.3, -0.25) is 0 Å². The molecule has 0 amide bonds. The minimum atomic E-state index is 0.0927. The van der Waals surface area contributed by atoms with Crippen LogP contribution in [0.25, 0.3) is 0 Å². The van der Waals surface area contributed by atoms with Gasteiger partial charge in [-0.05, 0) is 25.8 Å². The summed E-state index contributed by atoms with van der Waals surface area (Å²) >= 11 is 0. The van der Waals surface area contributed by atoms with E-state index in [9.17, 15) is 0 Å². The summed E-state index contributed by atoms with van der Waals surface area (Å²) in [7, 11) is 0. The molecule has 4 heteroatoms. The van der Waals surface area contributed by atoms with Gasteiger partial charge in [0.15, 0.2) is 5.76 Å². The summed E-state index contributed by atoms with van der Waals surface area (Å²) in [6.45, 7) is 8.05. The van der Waals surface area contributed by atoms with Crippen molar-refractivity contribution in [3.63, 3.8) is 0 Å². The lowest BCUT2D eigenvalue weighted by Crippen LogP contribution is -2.17. The number of oxazole rings is 1. The number of nitrogens with zero attached hydrogens (tertiary/aromatic N) is 1. The first-order chi connectivity index (χ1) is 7.72. The van der Waals surface area contributed by atoms with E-state index in [4.69, 9.17) is 9.15 Å². The van der Waals surface area contributed by atoms with Gasteiger partial charge in [0.1, 0.15) is 6.10 Å². The van der Waals surface area contributed by atoms with Crippen LogP contribution in [0.15, 0.2) is 10.6 Å². The second kappa shape index (κ2) is 4.97. The highest BCUT2D eigenvalue weighted by atomic mass is 16.5. The summed E-state index contributed by atoms with van der Waals surface area (Å²) in [6.07, 6.45) is 2.99. The van der Waals surface area contributed by atoms with Crippen molar-refractivity contribution < 1.29 is 9.15 Å². The zero-order chi connectivity index (χ0) is 11.5. The maximum atomic E-state index is 5.75. The van der Waals surface area contributed by atoms with E-state index in [2.05, 4.69) is 31.1 Å². The summed E-state index contributed by atoms with van der Waals surface area (Å²) in [4.78, 5) is 4.30. The molecule has 1 aromatic rings. The minimum absolute atomic E-state index is 0.0927. The molecule has 1 N–H and O–H groups in total. The van der Waals surface area contributed by atoms with E-state index in [0.717, 1.165) is 31.2 Å². The Labute approximate surface area is 96.4 Å². The Balaban J connectivity index is 2.06. The molecular weight excluding hydrogens is 204 g/mol. The summed E-state index contributed by atoms with van der Waals surface area (Å²) < 4.78 is 11.4. The predicted molar refractivity (Wildman–Crippen MR) is 61.1 cm³/mol. The number of hydrogen-bond acceptors (Lipinski definition) is 4. The van der Waals surface area contributed by atoms with Crippen LogP contribution in [-0.2, 0) is 4.74 Å². The van der Waals surface area contributed by atoms with Crippen molar-refractivity contribution in [1.82, 2.24) is 10.3 Å². The summed E-state index contributed by atoms with van der Waals surface area (Å²) in [5, 5.41) is 3.28. The Morgan fingerprint density at radius 2 is 2.44 bits per heavy atom. The van der Waals surface area contributed by atoms with Crippen LogP contribution >= 0.6 is 0 Å². The Kier molecular flexibility index (Phi) is 3.61. The molecule has 4 nitrogen and oxygen atoms in total. The maximum absolute atomic E-state index is 5.75. The molecule has 0 spiro atoms. The number of nitrogens with one attached hydrogen (secondary N) is 1. The molecular formula is C12H20N2O2. The Hall–Kier alpha value is -0.870. The molecule has 16 heavy (non-hydrogen) atoms. The molecule has 0 saturated carbocycles. The Morgan fingerprint density at radius 3 is 3.06 bits per heavy atom. The number of hydrogen-bond donors (Lipinski definition) is 1. The fraction of sp³-hybridized carbons (Fsp3) is 0.750. The molecule has 1 aliphatic heterocycles. The van der Waals surface area contributed by atoms with Gasteiger partial charge in [-0.1, -0.05) is 13.8 Å². The highest BCUT2D eigenvalue weighted by molar-refractivity contribution is 5.03. The smallest absolute Gasteiger partial charge is 0.211 e. The van der Waals surface area contributed by atoms with Crippen LogP contribution in [0.4, 0.5) is 0 Å². The van der Waals surface area contributed by atoms with E-state index in [1.54, 1.807) is 6.20 Å². The molecule has 2 heterocycles. The predicted octanol–water partition coefficient (Wildman–Crippen LogP) is 2.44. The molecule has 0 aromatic carbocycles. The van der Waals surface area contributed by atoms with E-state index in [0.29, 0.717) is 5.92 Å². The van der Waals surface area contributed by atoms with Crippen molar-refractivity contribution in [2.75, 3.05) is 13.2 Å². The van der Waals surface area contributed by atoms with Gasteiger partial charge in [0.2, 0.25) is 5.89 Å².